The molecule has 1 aliphatic rings. The first-order valence-corrected chi connectivity index (χ1v) is 8.17. The molecule has 2 N–H and O–H groups in total. The summed E-state index contributed by atoms with van der Waals surface area (Å²) >= 11 is 0. The standard InChI is InChI=1S/C18H28O4/c1-4-7-9-17(15(19)20)11-14(6-3)12-18(13-17,16(21)22)10-8-5-2/h6,11H,3-5,7-10,12-13H2,1-2H3,(H,19,20)(H,21,22). The second kappa shape index (κ2) is 7.61. The van der Waals surface area contributed by atoms with Crippen LogP contribution in [0.2, 0.25) is 0 Å². The average Bonchev–Trinajstić information content (AvgIpc) is 2.50. The van der Waals surface area contributed by atoms with E-state index in [0.717, 1.165) is 31.3 Å². The first-order valence-electron chi connectivity index (χ1n) is 8.17. The highest BCUT2D eigenvalue weighted by Gasteiger charge is 2.51. The summed E-state index contributed by atoms with van der Waals surface area (Å²) in [5, 5.41) is 19.6. The number of hydrogen-bond acceptors (Lipinski definition) is 2. The predicted molar refractivity (Wildman–Crippen MR) is 86.7 cm³/mol. The molecule has 1 rings (SSSR count). The van der Waals surface area contributed by atoms with Gasteiger partial charge < -0.3 is 10.2 Å². The van der Waals surface area contributed by atoms with E-state index in [9.17, 15) is 19.8 Å². The first kappa shape index (κ1) is 18.5. The Bertz CT molecular complexity index is 466. The van der Waals surface area contributed by atoms with Gasteiger partial charge in [-0.05, 0) is 25.7 Å². The van der Waals surface area contributed by atoms with Gasteiger partial charge in [-0.1, -0.05) is 63.8 Å². The second-order valence-electron chi connectivity index (χ2n) is 6.53. The fraction of sp³-hybridized carbons (Fsp3) is 0.667. The summed E-state index contributed by atoms with van der Waals surface area (Å²) in [4.78, 5) is 23.9. The average molecular weight is 308 g/mol. The molecule has 0 heterocycles. The quantitative estimate of drug-likeness (QED) is 0.661. The molecular weight excluding hydrogens is 280 g/mol. The zero-order chi connectivity index (χ0) is 16.8. The van der Waals surface area contributed by atoms with Gasteiger partial charge >= 0.3 is 11.9 Å². The minimum atomic E-state index is -1.08. The highest BCUT2D eigenvalue weighted by molar-refractivity contribution is 5.82. The molecule has 0 amide bonds. The van der Waals surface area contributed by atoms with Crippen molar-refractivity contribution in [2.24, 2.45) is 10.8 Å². The van der Waals surface area contributed by atoms with Crippen LogP contribution in [0.5, 0.6) is 0 Å². The number of carboxylic acids is 2. The van der Waals surface area contributed by atoms with Crippen molar-refractivity contribution in [3.63, 3.8) is 0 Å². The molecule has 4 nitrogen and oxygen atoms in total. The van der Waals surface area contributed by atoms with Gasteiger partial charge in [-0.15, -0.1) is 0 Å². The molecule has 0 aromatic carbocycles. The summed E-state index contributed by atoms with van der Waals surface area (Å²) in [6, 6.07) is 0. The van der Waals surface area contributed by atoms with E-state index in [4.69, 9.17) is 0 Å². The second-order valence-corrected chi connectivity index (χ2v) is 6.53. The lowest BCUT2D eigenvalue weighted by molar-refractivity contribution is -0.157. The SMILES string of the molecule is C=CC1=CC(CCCC)(C(=O)O)CC(CCCC)(C(=O)O)C1. The molecule has 4 heteroatoms. The van der Waals surface area contributed by atoms with Gasteiger partial charge in [0.25, 0.3) is 0 Å². The van der Waals surface area contributed by atoms with Gasteiger partial charge in [0, 0.05) is 0 Å². The van der Waals surface area contributed by atoms with Gasteiger partial charge in [0.15, 0.2) is 0 Å². The molecule has 0 radical (unpaired) electrons. The number of unbranched alkanes of at least 4 members (excludes halogenated alkanes) is 2. The van der Waals surface area contributed by atoms with Crippen LogP contribution in [0.25, 0.3) is 0 Å². The lowest BCUT2D eigenvalue weighted by Crippen LogP contribution is -2.44. The Morgan fingerprint density at radius 3 is 2.23 bits per heavy atom. The fourth-order valence-electron chi connectivity index (χ4n) is 3.49. The van der Waals surface area contributed by atoms with Gasteiger partial charge in [0.1, 0.15) is 0 Å². The van der Waals surface area contributed by atoms with Crippen LogP contribution in [0, 0.1) is 10.8 Å². The molecule has 0 aromatic heterocycles. The molecule has 0 saturated heterocycles. The third-order valence-electron chi connectivity index (χ3n) is 4.79. The van der Waals surface area contributed by atoms with Crippen LogP contribution in [-0.4, -0.2) is 22.2 Å². The number of carboxylic acid groups (broad SMARTS) is 2. The molecular formula is C18H28O4. The molecule has 2 atom stereocenters. The molecule has 0 saturated carbocycles. The Hall–Kier alpha value is -1.58. The van der Waals surface area contributed by atoms with E-state index in [1.54, 1.807) is 12.2 Å². The number of carbonyl (C=O) groups is 2. The van der Waals surface area contributed by atoms with E-state index in [1.165, 1.54) is 0 Å². The molecule has 2 unspecified atom stereocenters. The lowest BCUT2D eigenvalue weighted by atomic mass is 9.60. The van der Waals surface area contributed by atoms with Crippen molar-refractivity contribution in [1.82, 2.24) is 0 Å². The lowest BCUT2D eigenvalue weighted by Gasteiger charge is -2.42. The monoisotopic (exact) mass is 308 g/mol. The van der Waals surface area contributed by atoms with Crippen LogP contribution in [0.4, 0.5) is 0 Å². The Morgan fingerprint density at radius 1 is 1.18 bits per heavy atom. The van der Waals surface area contributed by atoms with E-state index in [2.05, 4.69) is 6.58 Å². The van der Waals surface area contributed by atoms with Crippen LogP contribution < -0.4 is 0 Å². The molecule has 0 aromatic rings. The van der Waals surface area contributed by atoms with Gasteiger partial charge in [0.2, 0.25) is 0 Å². The minimum absolute atomic E-state index is 0.183. The summed E-state index contributed by atoms with van der Waals surface area (Å²) in [7, 11) is 0. The van der Waals surface area contributed by atoms with E-state index >= 15 is 0 Å². The summed E-state index contributed by atoms with van der Waals surface area (Å²) in [6.07, 6.45) is 8.30. The van der Waals surface area contributed by atoms with E-state index in [1.807, 2.05) is 13.8 Å². The maximum absolute atomic E-state index is 12.0. The van der Waals surface area contributed by atoms with Crippen molar-refractivity contribution in [1.29, 1.82) is 0 Å². The number of hydrogen-bond donors (Lipinski definition) is 2. The predicted octanol–water partition coefficient (Wildman–Crippen LogP) is 4.42. The zero-order valence-corrected chi connectivity index (χ0v) is 13.7. The van der Waals surface area contributed by atoms with Crippen molar-refractivity contribution in [3.05, 3.63) is 24.3 Å². The number of rotatable bonds is 9. The Balaban J connectivity index is 3.29. The van der Waals surface area contributed by atoms with E-state index in [-0.39, 0.29) is 6.42 Å². The van der Waals surface area contributed by atoms with Crippen molar-refractivity contribution in [2.45, 2.75) is 65.2 Å². The van der Waals surface area contributed by atoms with Gasteiger partial charge in [-0.25, -0.2) is 0 Å². The number of allylic oxidation sites excluding steroid dienone is 2. The van der Waals surface area contributed by atoms with Crippen LogP contribution in [0.1, 0.15) is 65.2 Å². The topological polar surface area (TPSA) is 74.6 Å². The van der Waals surface area contributed by atoms with Crippen LogP contribution in [0.15, 0.2) is 24.3 Å². The summed E-state index contributed by atoms with van der Waals surface area (Å²) < 4.78 is 0. The van der Waals surface area contributed by atoms with Crippen molar-refractivity contribution >= 4 is 11.9 Å². The molecule has 124 valence electrons. The highest BCUT2D eigenvalue weighted by atomic mass is 16.4. The van der Waals surface area contributed by atoms with Crippen molar-refractivity contribution in [3.8, 4) is 0 Å². The zero-order valence-electron chi connectivity index (χ0n) is 13.7. The highest BCUT2D eigenvalue weighted by Crippen LogP contribution is 2.51. The van der Waals surface area contributed by atoms with Crippen LogP contribution in [0.3, 0.4) is 0 Å². The Kier molecular flexibility index (Phi) is 6.39. The van der Waals surface area contributed by atoms with Crippen LogP contribution >= 0.6 is 0 Å². The third kappa shape index (κ3) is 3.79. The van der Waals surface area contributed by atoms with Crippen LogP contribution in [-0.2, 0) is 9.59 Å². The number of aliphatic carboxylic acids is 2. The van der Waals surface area contributed by atoms with E-state index in [0.29, 0.717) is 19.3 Å². The molecule has 1 aliphatic carbocycles. The third-order valence-corrected chi connectivity index (χ3v) is 4.79. The molecule has 22 heavy (non-hydrogen) atoms. The summed E-state index contributed by atoms with van der Waals surface area (Å²) in [5.74, 6) is -1.79. The smallest absolute Gasteiger partial charge is 0.313 e. The molecule has 0 bridgehead atoms. The van der Waals surface area contributed by atoms with Crippen molar-refractivity contribution < 1.29 is 19.8 Å². The Morgan fingerprint density at radius 2 is 1.77 bits per heavy atom. The van der Waals surface area contributed by atoms with Gasteiger partial charge in [-0.3, -0.25) is 9.59 Å². The Labute approximate surface area is 132 Å². The summed E-state index contributed by atoms with van der Waals surface area (Å²) in [5.41, 5.74) is -1.31. The van der Waals surface area contributed by atoms with Gasteiger partial charge in [0.05, 0.1) is 10.8 Å². The molecule has 0 fully saturated rings. The maximum Gasteiger partial charge on any atom is 0.313 e. The minimum Gasteiger partial charge on any atom is -0.481 e. The summed E-state index contributed by atoms with van der Waals surface area (Å²) in [6.45, 7) is 7.77. The largest absolute Gasteiger partial charge is 0.481 e. The molecule has 0 aliphatic heterocycles. The maximum atomic E-state index is 12.0. The first-order chi connectivity index (χ1) is 10.4. The fourth-order valence-corrected chi connectivity index (χ4v) is 3.49. The van der Waals surface area contributed by atoms with Gasteiger partial charge in [-0.2, -0.15) is 0 Å². The normalized spacial score (nSPS) is 28.0. The van der Waals surface area contributed by atoms with E-state index < -0.39 is 22.8 Å². The van der Waals surface area contributed by atoms with Crippen molar-refractivity contribution in [2.75, 3.05) is 0 Å². The molecule has 0 spiro atoms.